The summed E-state index contributed by atoms with van der Waals surface area (Å²) in [6.07, 6.45) is 3.76. The lowest BCUT2D eigenvalue weighted by Gasteiger charge is -2.42. The summed E-state index contributed by atoms with van der Waals surface area (Å²) in [7, 11) is 1.43. The molecule has 2 amide bonds. The molecule has 0 unspecified atom stereocenters. The maximum atomic E-state index is 14.2. The van der Waals surface area contributed by atoms with Crippen LogP contribution in [0.4, 0.5) is 5.69 Å². The molecule has 1 aliphatic heterocycles. The molecular weight excluding hydrogens is 570 g/mol. The number of carbonyl (C=O) groups is 5. The number of amides is 2. The normalized spacial score (nSPS) is 24.1. The highest BCUT2D eigenvalue weighted by Gasteiger charge is 2.56. The Kier molecular flexibility index (Phi) is 6.73. The molecule has 1 fully saturated rings. The number of phenols is 1. The molecule has 224 valence electrons. The minimum atomic E-state index is -0.728. The number of imide groups is 1. The van der Waals surface area contributed by atoms with Gasteiger partial charge in [-0.25, -0.2) is 0 Å². The molecule has 8 nitrogen and oxygen atoms in total. The van der Waals surface area contributed by atoms with E-state index >= 15 is 0 Å². The summed E-state index contributed by atoms with van der Waals surface area (Å²) in [6.45, 7) is 1.62. The van der Waals surface area contributed by atoms with Crippen molar-refractivity contribution in [1.29, 1.82) is 0 Å². The molecule has 1 heterocycles. The molecule has 0 radical (unpaired) electrons. The highest BCUT2D eigenvalue weighted by Crippen LogP contribution is 2.56. The average Bonchev–Trinajstić information content (AvgIpc) is 3.32. The third kappa shape index (κ3) is 4.39. The minimum Gasteiger partial charge on any atom is -0.504 e. The lowest BCUT2D eigenvalue weighted by Crippen LogP contribution is -2.39. The fraction of sp³-hybridized carbons (Fsp3) is 0.216. The highest BCUT2D eigenvalue weighted by atomic mass is 16.5. The first-order chi connectivity index (χ1) is 21.7. The number of carbonyl (C=O) groups excluding carboxylic acids is 5. The maximum absolute atomic E-state index is 14.2. The van der Waals surface area contributed by atoms with E-state index in [9.17, 15) is 29.1 Å². The van der Waals surface area contributed by atoms with Crippen molar-refractivity contribution >= 4 is 34.9 Å². The van der Waals surface area contributed by atoms with Gasteiger partial charge in [-0.05, 0) is 73.7 Å². The number of ether oxygens (including phenoxy) is 1. The van der Waals surface area contributed by atoms with Crippen molar-refractivity contribution in [2.75, 3.05) is 12.0 Å². The summed E-state index contributed by atoms with van der Waals surface area (Å²) >= 11 is 0. The third-order valence-corrected chi connectivity index (χ3v) is 9.53. The summed E-state index contributed by atoms with van der Waals surface area (Å²) in [5.41, 5.74) is 3.89. The van der Waals surface area contributed by atoms with Crippen molar-refractivity contribution in [2.24, 2.45) is 17.8 Å². The first-order valence-electron chi connectivity index (χ1n) is 14.8. The number of nitrogens with zero attached hydrogens (tertiary/aromatic N) is 1. The molecular formula is C37H29NO7. The van der Waals surface area contributed by atoms with Crippen molar-refractivity contribution in [2.45, 2.75) is 25.7 Å². The number of Topliss-reactive ketones (excluding diaryl/α,β-unsaturated/α-hetero) is 1. The number of hydrogen-bond acceptors (Lipinski definition) is 7. The summed E-state index contributed by atoms with van der Waals surface area (Å²) < 4.78 is 5.35. The topological polar surface area (TPSA) is 118 Å². The maximum Gasteiger partial charge on any atom is 0.238 e. The van der Waals surface area contributed by atoms with Gasteiger partial charge in [0.1, 0.15) is 0 Å². The third-order valence-electron chi connectivity index (χ3n) is 9.53. The zero-order valence-electron chi connectivity index (χ0n) is 24.7. The standard InChI is InChI=1S/C37H29NO7/c1-19-16-29(40)27-18-26-24(31(33(27)34(19)41)22-10-15-28(39)30(17-22)45-2)13-14-25-32(26)37(44)38(36(25)43)23-11-8-21(9-12-23)35(42)20-6-4-3-5-7-20/h3-13,15-17,25-26,31-32,39H,14,18H2,1-2H3/t25-,26+,31-,32-/m0/s1. The molecule has 0 bridgehead atoms. The second-order valence-electron chi connectivity index (χ2n) is 11.9. The van der Waals surface area contributed by atoms with Crippen LogP contribution in [0, 0.1) is 17.8 Å². The molecule has 3 aromatic carbocycles. The van der Waals surface area contributed by atoms with Crippen molar-refractivity contribution in [3.8, 4) is 11.5 Å². The summed E-state index contributed by atoms with van der Waals surface area (Å²) in [5, 5.41) is 10.3. The molecule has 3 aromatic rings. The molecule has 7 rings (SSSR count). The van der Waals surface area contributed by atoms with Gasteiger partial charge in [0.15, 0.2) is 28.8 Å². The van der Waals surface area contributed by atoms with Crippen LogP contribution in [0.2, 0.25) is 0 Å². The Hall–Kier alpha value is -5.37. The molecule has 4 atom stereocenters. The molecule has 3 aliphatic carbocycles. The second kappa shape index (κ2) is 10.7. The molecule has 8 heteroatoms. The van der Waals surface area contributed by atoms with Crippen molar-refractivity contribution < 1.29 is 33.8 Å². The molecule has 4 aliphatic rings. The number of rotatable bonds is 5. The van der Waals surface area contributed by atoms with Gasteiger partial charge in [0.25, 0.3) is 0 Å². The van der Waals surface area contributed by atoms with E-state index in [0.717, 1.165) is 5.57 Å². The van der Waals surface area contributed by atoms with Gasteiger partial charge < -0.3 is 9.84 Å². The molecule has 0 aromatic heterocycles. The summed E-state index contributed by atoms with van der Waals surface area (Å²) in [6, 6.07) is 20.1. The van der Waals surface area contributed by atoms with Crippen LogP contribution in [0.5, 0.6) is 11.5 Å². The van der Waals surface area contributed by atoms with Gasteiger partial charge in [-0.2, -0.15) is 0 Å². The zero-order valence-corrected chi connectivity index (χ0v) is 24.7. The summed E-state index contributed by atoms with van der Waals surface area (Å²) in [5.74, 6) is -3.69. The highest BCUT2D eigenvalue weighted by molar-refractivity contribution is 6.25. The Morgan fingerprint density at radius 2 is 1.60 bits per heavy atom. The van der Waals surface area contributed by atoms with Crippen molar-refractivity contribution in [3.63, 3.8) is 0 Å². The SMILES string of the molecule is COc1cc([C@H]2C3=CC[C@@H]4C(=O)N(c5ccc(C(=O)c6ccccc6)cc5)C(=O)[C@@H]4[C@@H]3CC3=C2C(=O)C(C)=CC3=O)ccc1O. The lowest BCUT2D eigenvalue weighted by molar-refractivity contribution is -0.123. The van der Waals surface area contributed by atoms with Gasteiger partial charge in [0, 0.05) is 33.8 Å². The van der Waals surface area contributed by atoms with Crippen LogP contribution in [0.15, 0.2) is 107 Å². The molecule has 0 saturated carbocycles. The molecule has 1 saturated heterocycles. The van der Waals surface area contributed by atoms with Crippen LogP contribution in [0.25, 0.3) is 0 Å². The van der Waals surface area contributed by atoms with E-state index in [4.69, 9.17) is 4.74 Å². The van der Waals surface area contributed by atoms with E-state index in [1.807, 2.05) is 12.1 Å². The minimum absolute atomic E-state index is 0.0636. The Balaban J connectivity index is 1.26. The van der Waals surface area contributed by atoms with Crippen LogP contribution in [-0.2, 0) is 19.2 Å². The first-order valence-corrected chi connectivity index (χ1v) is 14.8. The van der Waals surface area contributed by atoms with Gasteiger partial charge in [0.05, 0.1) is 24.6 Å². The fourth-order valence-electron chi connectivity index (χ4n) is 7.39. The monoisotopic (exact) mass is 599 g/mol. The van der Waals surface area contributed by atoms with E-state index in [-0.39, 0.29) is 47.1 Å². The molecule has 0 spiro atoms. The van der Waals surface area contributed by atoms with Crippen LogP contribution in [-0.4, -0.2) is 41.4 Å². The molecule has 45 heavy (non-hydrogen) atoms. The number of hydrogen-bond donors (Lipinski definition) is 1. The van der Waals surface area contributed by atoms with Crippen LogP contribution < -0.4 is 9.64 Å². The number of fused-ring (bicyclic) bond motifs is 3. The van der Waals surface area contributed by atoms with E-state index < -0.39 is 23.7 Å². The van der Waals surface area contributed by atoms with E-state index in [0.29, 0.717) is 45.5 Å². The van der Waals surface area contributed by atoms with Crippen LogP contribution in [0.3, 0.4) is 0 Å². The lowest BCUT2D eigenvalue weighted by atomic mass is 9.59. The van der Waals surface area contributed by atoms with Crippen molar-refractivity contribution in [3.05, 3.63) is 124 Å². The summed E-state index contributed by atoms with van der Waals surface area (Å²) in [4.78, 5) is 69.1. The Labute approximate surface area is 259 Å². The fourth-order valence-corrected chi connectivity index (χ4v) is 7.39. The number of allylic oxidation sites excluding steroid dienone is 6. The van der Waals surface area contributed by atoms with Gasteiger partial charge in [-0.1, -0.05) is 48.0 Å². The Morgan fingerprint density at radius 3 is 2.31 bits per heavy atom. The predicted octanol–water partition coefficient (Wildman–Crippen LogP) is 5.27. The first kappa shape index (κ1) is 28.4. The largest absolute Gasteiger partial charge is 0.504 e. The number of ketones is 3. The average molecular weight is 600 g/mol. The van der Waals surface area contributed by atoms with Gasteiger partial charge in [-0.15, -0.1) is 0 Å². The number of methoxy groups -OCH3 is 1. The van der Waals surface area contributed by atoms with Gasteiger partial charge in [0.2, 0.25) is 11.8 Å². The van der Waals surface area contributed by atoms with E-state index in [1.165, 1.54) is 24.2 Å². The van der Waals surface area contributed by atoms with Crippen molar-refractivity contribution in [1.82, 2.24) is 0 Å². The number of anilines is 1. The predicted molar refractivity (Wildman–Crippen MR) is 165 cm³/mol. The second-order valence-corrected chi connectivity index (χ2v) is 11.9. The van der Waals surface area contributed by atoms with Crippen LogP contribution in [0.1, 0.15) is 47.2 Å². The van der Waals surface area contributed by atoms with E-state index in [2.05, 4.69) is 0 Å². The van der Waals surface area contributed by atoms with Crippen LogP contribution >= 0.6 is 0 Å². The number of aromatic hydroxyl groups is 1. The number of benzene rings is 3. The number of phenolic OH excluding ortho intramolecular Hbond substituents is 1. The smallest absolute Gasteiger partial charge is 0.238 e. The zero-order chi connectivity index (χ0) is 31.6. The van der Waals surface area contributed by atoms with Gasteiger partial charge >= 0.3 is 0 Å². The quantitative estimate of drug-likeness (QED) is 0.184. The Morgan fingerprint density at radius 1 is 0.889 bits per heavy atom. The Bertz CT molecular complexity index is 1920. The van der Waals surface area contributed by atoms with Gasteiger partial charge in [-0.3, -0.25) is 28.9 Å². The van der Waals surface area contributed by atoms with E-state index in [1.54, 1.807) is 67.6 Å². The molecule has 1 N–H and O–H groups in total.